The van der Waals surface area contributed by atoms with Crippen molar-refractivity contribution in [3.05, 3.63) is 100 Å². The molecular weight excluding hydrogens is 510 g/mol. The maximum Gasteiger partial charge on any atom is 0.244 e. The van der Waals surface area contributed by atoms with Crippen LogP contribution in [0.25, 0.3) is 0 Å². The van der Waals surface area contributed by atoms with E-state index in [0.717, 1.165) is 27.3 Å². The van der Waals surface area contributed by atoms with E-state index in [1.165, 1.54) is 11.9 Å². The van der Waals surface area contributed by atoms with Crippen molar-refractivity contribution < 1.29 is 18.0 Å². The van der Waals surface area contributed by atoms with Crippen molar-refractivity contribution in [2.24, 2.45) is 0 Å². The summed E-state index contributed by atoms with van der Waals surface area (Å²) in [7, 11) is -2.31. The second-order valence-corrected chi connectivity index (χ2v) is 11.3. The molecule has 0 heterocycles. The zero-order valence-corrected chi connectivity index (χ0v) is 23.0. The lowest BCUT2D eigenvalue weighted by Crippen LogP contribution is -2.53. The van der Waals surface area contributed by atoms with Crippen molar-refractivity contribution in [3.8, 4) is 0 Å². The van der Waals surface area contributed by atoms with E-state index in [9.17, 15) is 18.0 Å². The molecule has 1 atom stereocenters. The van der Waals surface area contributed by atoms with Gasteiger partial charge in [0, 0.05) is 25.0 Å². The fourth-order valence-electron chi connectivity index (χ4n) is 4.31. The molecule has 0 aliphatic rings. The Morgan fingerprint density at radius 2 is 1.51 bits per heavy atom. The van der Waals surface area contributed by atoms with Crippen molar-refractivity contribution >= 4 is 39.1 Å². The fourth-order valence-corrected chi connectivity index (χ4v) is 5.47. The molecular formula is C28H32ClN3O4S. The van der Waals surface area contributed by atoms with Gasteiger partial charge in [-0.2, -0.15) is 0 Å². The van der Waals surface area contributed by atoms with Gasteiger partial charge in [0.25, 0.3) is 0 Å². The maximum absolute atomic E-state index is 14.0. The van der Waals surface area contributed by atoms with Gasteiger partial charge in [-0.15, -0.1) is 0 Å². The number of hydrogen-bond acceptors (Lipinski definition) is 4. The third kappa shape index (κ3) is 7.11. The number of sulfonamides is 1. The number of benzene rings is 3. The highest BCUT2D eigenvalue weighted by atomic mass is 35.5. The summed E-state index contributed by atoms with van der Waals surface area (Å²) in [5, 5.41) is 3.11. The molecule has 0 bridgehead atoms. The van der Waals surface area contributed by atoms with E-state index in [1.54, 1.807) is 50.2 Å². The van der Waals surface area contributed by atoms with Gasteiger partial charge in [-0.25, -0.2) is 8.42 Å². The minimum absolute atomic E-state index is 0.0355. The van der Waals surface area contributed by atoms with Gasteiger partial charge in [0.1, 0.15) is 12.6 Å². The molecule has 2 amide bonds. The van der Waals surface area contributed by atoms with E-state index in [1.807, 2.05) is 36.4 Å². The second-order valence-electron chi connectivity index (χ2n) is 8.94. The van der Waals surface area contributed by atoms with Crippen molar-refractivity contribution in [2.75, 3.05) is 24.2 Å². The third-order valence-electron chi connectivity index (χ3n) is 6.18. The van der Waals surface area contributed by atoms with Crippen LogP contribution in [0.15, 0.2) is 72.8 Å². The van der Waals surface area contributed by atoms with Crippen LogP contribution in [0.5, 0.6) is 0 Å². The van der Waals surface area contributed by atoms with Crippen molar-refractivity contribution in [1.29, 1.82) is 0 Å². The van der Waals surface area contributed by atoms with Gasteiger partial charge in [-0.3, -0.25) is 13.9 Å². The molecule has 1 N–H and O–H groups in total. The Bertz CT molecular complexity index is 1340. The Balaban J connectivity index is 2.08. The molecule has 9 heteroatoms. The number of carbonyl (C=O) groups is 2. The van der Waals surface area contributed by atoms with Crippen LogP contribution in [0.3, 0.4) is 0 Å². The third-order valence-corrected chi connectivity index (χ3v) is 7.67. The van der Waals surface area contributed by atoms with Crippen molar-refractivity contribution in [1.82, 2.24) is 10.2 Å². The molecule has 0 unspecified atom stereocenters. The Morgan fingerprint density at radius 1 is 0.919 bits per heavy atom. The minimum Gasteiger partial charge on any atom is -0.357 e. The molecule has 0 spiro atoms. The number of likely N-dealkylation sites (N-methyl/N-ethyl adjacent to an activating group) is 1. The van der Waals surface area contributed by atoms with E-state index in [-0.39, 0.29) is 18.9 Å². The number of hydrogen-bond donors (Lipinski definition) is 1. The largest absolute Gasteiger partial charge is 0.357 e. The average molecular weight is 542 g/mol. The smallest absolute Gasteiger partial charge is 0.244 e. The Kier molecular flexibility index (Phi) is 9.34. The van der Waals surface area contributed by atoms with E-state index in [2.05, 4.69) is 5.32 Å². The van der Waals surface area contributed by atoms with Gasteiger partial charge < -0.3 is 10.2 Å². The molecule has 0 aliphatic carbocycles. The number of para-hydroxylation sites is 1. The maximum atomic E-state index is 14.0. The molecule has 0 saturated heterocycles. The highest BCUT2D eigenvalue weighted by Gasteiger charge is 2.33. The van der Waals surface area contributed by atoms with E-state index in [0.29, 0.717) is 16.3 Å². The van der Waals surface area contributed by atoms with Crippen molar-refractivity contribution in [3.63, 3.8) is 0 Å². The Morgan fingerprint density at radius 3 is 2.08 bits per heavy atom. The van der Waals surface area contributed by atoms with Crippen molar-refractivity contribution in [2.45, 2.75) is 32.9 Å². The van der Waals surface area contributed by atoms with Gasteiger partial charge in [0.05, 0.1) is 11.9 Å². The molecule has 37 heavy (non-hydrogen) atoms. The van der Waals surface area contributed by atoms with Gasteiger partial charge in [0.2, 0.25) is 21.8 Å². The SMILES string of the molecule is CNC(=O)[C@H](Cc1ccccc1)N(Cc1ccccc1Cl)C(=O)CN(c1c(C)cccc1C)S(C)(=O)=O. The summed E-state index contributed by atoms with van der Waals surface area (Å²) < 4.78 is 26.9. The first-order valence-corrected chi connectivity index (χ1v) is 14.1. The molecule has 3 rings (SSSR count). The summed E-state index contributed by atoms with van der Waals surface area (Å²) in [5.41, 5.74) is 3.42. The van der Waals surface area contributed by atoms with E-state index < -0.39 is 28.5 Å². The second kappa shape index (κ2) is 12.3. The van der Waals surface area contributed by atoms with Crippen LogP contribution in [0.1, 0.15) is 22.3 Å². The average Bonchev–Trinajstić information content (AvgIpc) is 2.86. The zero-order valence-electron chi connectivity index (χ0n) is 21.4. The van der Waals surface area contributed by atoms with Crippen LogP contribution < -0.4 is 9.62 Å². The first kappa shape index (κ1) is 28.2. The summed E-state index contributed by atoms with van der Waals surface area (Å²) in [5.74, 6) is -0.875. The number of nitrogens with zero attached hydrogens (tertiary/aromatic N) is 2. The number of amides is 2. The van der Waals surface area contributed by atoms with Gasteiger partial charge in [0.15, 0.2) is 0 Å². The molecule has 0 saturated carbocycles. The molecule has 0 radical (unpaired) electrons. The fraction of sp³-hybridized carbons (Fsp3) is 0.286. The summed E-state index contributed by atoms with van der Waals surface area (Å²) in [4.78, 5) is 28.5. The molecule has 196 valence electrons. The minimum atomic E-state index is -3.82. The number of aryl methyl sites for hydroxylation is 2. The van der Waals surface area contributed by atoms with Crippen LogP contribution in [0.4, 0.5) is 5.69 Å². The highest BCUT2D eigenvalue weighted by molar-refractivity contribution is 7.92. The normalized spacial score (nSPS) is 12.0. The van der Waals surface area contributed by atoms with Crippen LogP contribution in [-0.2, 0) is 32.6 Å². The molecule has 0 fully saturated rings. The quantitative estimate of drug-likeness (QED) is 0.418. The topological polar surface area (TPSA) is 86.8 Å². The van der Waals surface area contributed by atoms with Crippen LogP contribution >= 0.6 is 11.6 Å². The van der Waals surface area contributed by atoms with E-state index in [4.69, 9.17) is 11.6 Å². The monoisotopic (exact) mass is 541 g/mol. The Labute approximate surface area is 224 Å². The number of carbonyl (C=O) groups excluding carboxylic acids is 2. The lowest BCUT2D eigenvalue weighted by molar-refractivity contribution is -0.139. The summed E-state index contributed by atoms with van der Waals surface area (Å²) in [6.07, 6.45) is 1.32. The molecule has 3 aromatic carbocycles. The van der Waals surface area contributed by atoms with Crippen LogP contribution in [0.2, 0.25) is 5.02 Å². The molecule has 0 aliphatic heterocycles. The van der Waals surface area contributed by atoms with E-state index >= 15 is 0 Å². The van der Waals surface area contributed by atoms with Crippen LogP contribution in [0, 0.1) is 13.8 Å². The van der Waals surface area contributed by atoms with Gasteiger partial charge in [-0.1, -0.05) is 78.3 Å². The first-order valence-electron chi connectivity index (χ1n) is 11.8. The van der Waals surface area contributed by atoms with Gasteiger partial charge >= 0.3 is 0 Å². The standard InChI is InChI=1S/C28H32ClN3O4S/c1-20-11-10-12-21(2)27(20)32(37(4,35)36)19-26(33)31(18-23-15-8-9-16-24(23)29)25(28(34)30-3)17-22-13-6-5-7-14-22/h5-16,25H,17-19H2,1-4H3,(H,30,34)/t25-/m0/s1. The number of rotatable bonds is 10. The number of nitrogens with one attached hydrogen (secondary N) is 1. The number of anilines is 1. The Hall–Kier alpha value is -3.36. The highest BCUT2D eigenvalue weighted by Crippen LogP contribution is 2.28. The summed E-state index contributed by atoms with van der Waals surface area (Å²) in [6.45, 7) is 3.18. The van der Waals surface area contributed by atoms with Gasteiger partial charge in [-0.05, 0) is 42.2 Å². The summed E-state index contributed by atoms with van der Waals surface area (Å²) in [6, 6.07) is 21.0. The number of halogens is 1. The molecule has 3 aromatic rings. The predicted octanol–water partition coefficient (Wildman–Crippen LogP) is 4.11. The molecule has 7 nitrogen and oxygen atoms in total. The first-order chi connectivity index (χ1) is 17.5. The zero-order chi connectivity index (χ0) is 27.2. The van der Waals surface area contributed by atoms with Crippen LogP contribution in [-0.4, -0.2) is 51.0 Å². The molecule has 0 aromatic heterocycles. The lowest BCUT2D eigenvalue weighted by Gasteiger charge is -2.34. The lowest BCUT2D eigenvalue weighted by atomic mass is 10.0. The predicted molar refractivity (Wildman–Crippen MR) is 148 cm³/mol. The summed E-state index contributed by atoms with van der Waals surface area (Å²) >= 11 is 6.42.